The van der Waals surface area contributed by atoms with E-state index in [1.165, 1.54) is 11.8 Å². The summed E-state index contributed by atoms with van der Waals surface area (Å²) in [6.07, 6.45) is 0. The Balaban J connectivity index is 1.56. The fourth-order valence-corrected chi connectivity index (χ4v) is 3.31. The number of thioether (sulfide) groups is 1. The van der Waals surface area contributed by atoms with Gasteiger partial charge in [0, 0.05) is 17.6 Å². The summed E-state index contributed by atoms with van der Waals surface area (Å²) >= 11 is 6.99. The number of ether oxygens (including phenoxy) is 1. The molecule has 3 aromatic rings. The van der Waals surface area contributed by atoms with Crippen LogP contribution in [0.3, 0.4) is 0 Å². The van der Waals surface area contributed by atoms with Crippen LogP contribution in [0.15, 0.2) is 53.7 Å². The summed E-state index contributed by atoms with van der Waals surface area (Å²) in [6.45, 7) is 0. The van der Waals surface area contributed by atoms with Crippen molar-refractivity contribution in [3.8, 4) is 17.1 Å². The first-order chi connectivity index (χ1) is 14.0. The average molecular weight is 432 g/mol. The molecular formula is C19H18ClN5O3S. The number of aromatic nitrogens is 3. The fourth-order valence-electron chi connectivity index (χ4n) is 2.47. The highest BCUT2D eigenvalue weighted by Crippen LogP contribution is 2.29. The van der Waals surface area contributed by atoms with Gasteiger partial charge in [0.2, 0.25) is 5.91 Å². The van der Waals surface area contributed by atoms with Crippen LogP contribution >= 0.6 is 23.4 Å². The van der Waals surface area contributed by atoms with Crippen molar-refractivity contribution in [2.24, 2.45) is 7.05 Å². The zero-order valence-electron chi connectivity index (χ0n) is 15.7. The van der Waals surface area contributed by atoms with E-state index in [4.69, 9.17) is 16.3 Å². The number of hydrogen-bond acceptors (Lipinski definition) is 6. The van der Waals surface area contributed by atoms with Crippen LogP contribution in [0.25, 0.3) is 11.4 Å². The number of carbonyl (C=O) groups is 2. The van der Waals surface area contributed by atoms with E-state index in [9.17, 15) is 9.59 Å². The zero-order chi connectivity index (χ0) is 20.8. The molecule has 0 bridgehead atoms. The van der Waals surface area contributed by atoms with Crippen LogP contribution < -0.4 is 15.6 Å². The van der Waals surface area contributed by atoms with Crippen LogP contribution in [0.2, 0.25) is 5.02 Å². The second-order valence-corrected chi connectivity index (χ2v) is 7.24. The lowest BCUT2D eigenvalue weighted by Crippen LogP contribution is -2.42. The molecule has 0 fully saturated rings. The number of carbonyl (C=O) groups excluding carboxylic acids is 2. The fraction of sp³-hybridized carbons (Fsp3) is 0.158. The number of nitrogens with one attached hydrogen (secondary N) is 2. The highest BCUT2D eigenvalue weighted by Gasteiger charge is 2.16. The number of hydrogen-bond donors (Lipinski definition) is 2. The molecule has 2 N–H and O–H groups in total. The van der Waals surface area contributed by atoms with Gasteiger partial charge >= 0.3 is 0 Å². The Bertz CT molecular complexity index is 1020. The van der Waals surface area contributed by atoms with Gasteiger partial charge in [0.1, 0.15) is 5.75 Å². The predicted molar refractivity (Wildman–Crippen MR) is 111 cm³/mol. The third-order valence-electron chi connectivity index (χ3n) is 3.94. The first kappa shape index (κ1) is 20.7. The standard InChI is InChI=1S/C19H18ClN5O3S/c1-25-17(14-5-3-4-6-15(14)28-2)22-24-19(25)29-11-16(26)21-23-18(27)12-7-9-13(20)10-8-12/h3-10H,11H2,1-2H3,(H,21,26)(H,23,27). The highest BCUT2D eigenvalue weighted by molar-refractivity contribution is 7.99. The van der Waals surface area contributed by atoms with E-state index in [1.54, 1.807) is 35.9 Å². The Kier molecular flexibility index (Phi) is 6.73. The Hall–Kier alpha value is -3.04. The van der Waals surface area contributed by atoms with Gasteiger partial charge < -0.3 is 9.30 Å². The summed E-state index contributed by atoms with van der Waals surface area (Å²) in [5.74, 6) is 0.554. The van der Waals surface area contributed by atoms with Gasteiger partial charge in [-0.2, -0.15) is 0 Å². The van der Waals surface area contributed by atoms with Crippen molar-refractivity contribution in [3.63, 3.8) is 0 Å². The summed E-state index contributed by atoms with van der Waals surface area (Å²) in [6, 6.07) is 13.8. The molecule has 0 spiro atoms. The van der Waals surface area contributed by atoms with Crippen LogP contribution in [0.1, 0.15) is 10.4 Å². The summed E-state index contributed by atoms with van der Waals surface area (Å²) in [5, 5.41) is 9.41. The van der Waals surface area contributed by atoms with Crippen molar-refractivity contribution in [1.29, 1.82) is 0 Å². The van der Waals surface area contributed by atoms with E-state index in [-0.39, 0.29) is 11.7 Å². The summed E-state index contributed by atoms with van der Waals surface area (Å²) in [5.41, 5.74) is 5.92. The maximum atomic E-state index is 12.0. The molecule has 10 heteroatoms. The Morgan fingerprint density at radius 2 is 1.83 bits per heavy atom. The smallest absolute Gasteiger partial charge is 0.269 e. The minimum Gasteiger partial charge on any atom is -0.496 e. The predicted octanol–water partition coefficient (Wildman–Crippen LogP) is 2.70. The lowest BCUT2D eigenvalue weighted by Gasteiger charge is -2.09. The summed E-state index contributed by atoms with van der Waals surface area (Å²) < 4.78 is 7.14. The zero-order valence-corrected chi connectivity index (χ0v) is 17.3. The number of para-hydroxylation sites is 1. The molecule has 0 radical (unpaired) electrons. The number of nitrogens with zero attached hydrogens (tertiary/aromatic N) is 3. The summed E-state index contributed by atoms with van der Waals surface area (Å²) in [4.78, 5) is 24.0. The van der Waals surface area contributed by atoms with Gasteiger partial charge in [-0.1, -0.05) is 35.5 Å². The molecule has 3 rings (SSSR count). The Morgan fingerprint density at radius 3 is 2.55 bits per heavy atom. The SMILES string of the molecule is COc1ccccc1-c1nnc(SCC(=O)NNC(=O)c2ccc(Cl)cc2)n1C. The molecule has 0 aliphatic rings. The summed E-state index contributed by atoms with van der Waals surface area (Å²) in [7, 11) is 3.40. The van der Waals surface area contributed by atoms with E-state index in [2.05, 4.69) is 21.0 Å². The van der Waals surface area contributed by atoms with Crippen LogP contribution in [0.4, 0.5) is 0 Å². The molecule has 0 saturated carbocycles. The topological polar surface area (TPSA) is 98.1 Å². The van der Waals surface area contributed by atoms with E-state index in [1.807, 2.05) is 31.3 Å². The second-order valence-electron chi connectivity index (χ2n) is 5.86. The van der Waals surface area contributed by atoms with E-state index >= 15 is 0 Å². The third kappa shape index (κ3) is 5.07. The third-order valence-corrected chi connectivity index (χ3v) is 5.21. The molecule has 2 amide bonds. The van der Waals surface area contributed by atoms with Crippen molar-refractivity contribution in [1.82, 2.24) is 25.6 Å². The molecule has 29 heavy (non-hydrogen) atoms. The Morgan fingerprint density at radius 1 is 1.10 bits per heavy atom. The van der Waals surface area contributed by atoms with Gasteiger partial charge in [0.25, 0.3) is 5.91 Å². The van der Waals surface area contributed by atoms with Gasteiger partial charge in [-0.05, 0) is 36.4 Å². The number of hydrazine groups is 1. The Labute approximate surface area is 176 Å². The molecule has 2 aromatic carbocycles. The molecule has 0 aliphatic carbocycles. The minimum atomic E-state index is -0.433. The van der Waals surface area contributed by atoms with E-state index in [0.717, 1.165) is 5.56 Å². The molecule has 1 aromatic heterocycles. The van der Waals surface area contributed by atoms with Gasteiger partial charge in [-0.15, -0.1) is 10.2 Å². The highest BCUT2D eigenvalue weighted by atomic mass is 35.5. The number of amides is 2. The van der Waals surface area contributed by atoms with Crippen molar-refractivity contribution in [3.05, 3.63) is 59.1 Å². The number of rotatable bonds is 6. The van der Waals surface area contributed by atoms with Crippen molar-refractivity contribution in [2.45, 2.75) is 5.16 Å². The largest absolute Gasteiger partial charge is 0.496 e. The first-order valence-corrected chi connectivity index (χ1v) is 9.86. The first-order valence-electron chi connectivity index (χ1n) is 8.50. The molecule has 150 valence electrons. The maximum Gasteiger partial charge on any atom is 0.269 e. The monoisotopic (exact) mass is 431 g/mol. The quantitative estimate of drug-likeness (QED) is 0.460. The number of methoxy groups -OCH3 is 1. The van der Waals surface area contributed by atoms with Crippen molar-refractivity contribution < 1.29 is 14.3 Å². The molecule has 0 unspecified atom stereocenters. The maximum absolute atomic E-state index is 12.0. The van der Waals surface area contributed by atoms with Crippen molar-refractivity contribution >= 4 is 35.2 Å². The van der Waals surface area contributed by atoms with Crippen molar-refractivity contribution in [2.75, 3.05) is 12.9 Å². The molecular weight excluding hydrogens is 414 g/mol. The second kappa shape index (κ2) is 9.44. The normalized spacial score (nSPS) is 10.4. The van der Waals surface area contributed by atoms with Crippen LogP contribution in [-0.4, -0.2) is 39.4 Å². The molecule has 1 heterocycles. The number of halogens is 1. The molecule has 0 aliphatic heterocycles. The van der Waals surface area contributed by atoms with E-state index < -0.39 is 5.91 Å². The number of benzene rings is 2. The average Bonchev–Trinajstić information content (AvgIpc) is 3.11. The molecule has 8 nitrogen and oxygen atoms in total. The van der Waals surface area contributed by atoms with Gasteiger partial charge in [0.05, 0.1) is 18.4 Å². The lowest BCUT2D eigenvalue weighted by atomic mass is 10.2. The molecule has 0 saturated heterocycles. The van der Waals surface area contributed by atoms with Gasteiger partial charge in [-0.3, -0.25) is 20.4 Å². The van der Waals surface area contributed by atoms with Crippen LogP contribution in [0, 0.1) is 0 Å². The lowest BCUT2D eigenvalue weighted by molar-refractivity contribution is -0.119. The van der Waals surface area contributed by atoms with Crippen LogP contribution in [0.5, 0.6) is 5.75 Å². The van der Waals surface area contributed by atoms with E-state index in [0.29, 0.717) is 27.3 Å². The minimum absolute atomic E-state index is 0.0544. The van der Waals surface area contributed by atoms with Gasteiger partial charge in [0.15, 0.2) is 11.0 Å². The van der Waals surface area contributed by atoms with Gasteiger partial charge in [-0.25, -0.2) is 0 Å². The molecule has 0 atom stereocenters. The van der Waals surface area contributed by atoms with Crippen LogP contribution in [-0.2, 0) is 11.8 Å².